The summed E-state index contributed by atoms with van der Waals surface area (Å²) in [5.74, 6) is 0.926. The van der Waals surface area contributed by atoms with E-state index >= 15 is 0 Å². The maximum atomic E-state index is 11.4. The van der Waals surface area contributed by atoms with Crippen LogP contribution in [0.4, 0.5) is 5.82 Å². The molecule has 0 unspecified atom stereocenters. The average Bonchev–Trinajstić information content (AvgIpc) is 2.36. The third-order valence-electron chi connectivity index (χ3n) is 3.25. The minimum Gasteiger partial charge on any atom is -0.362 e. The van der Waals surface area contributed by atoms with Gasteiger partial charge in [0.25, 0.3) is 5.56 Å². The van der Waals surface area contributed by atoms with Gasteiger partial charge in [-0.15, -0.1) is 11.6 Å². The Bertz CT molecular complexity index is 441. The van der Waals surface area contributed by atoms with Gasteiger partial charge in [0.1, 0.15) is 5.02 Å². The number of nitrogens with zero attached hydrogens (tertiary/aromatic N) is 1. The number of anilines is 1. The zero-order valence-corrected chi connectivity index (χ0v) is 10.9. The van der Waals surface area contributed by atoms with Crippen molar-refractivity contribution in [3.05, 3.63) is 21.7 Å². The molecule has 0 spiro atoms. The molecular formula is C11H15Cl2N3O. The number of hydrogen-bond acceptors (Lipinski definition) is 3. The van der Waals surface area contributed by atoms with Gasteiger partial charge < -0.3 is 10.3 Å². The highest BCUT2D eigenvalue weighted by Gasteiger charge is 2.32. The van der Waals surface area contributed by atoms with Crippen LogP contribution in [0.25, 0.3) is 0 Å². The summed E-state index contributed by atoms with van der Waals surface area (Å²) in [7, 11) is 0. The maximum Gasteiger partial charge on any atom is 0.271 e. The smallest absolute Gasteiger partial charge is 0.271 e. The lowest BCUT2D eigenvalue weighted by Gasteiger charge is -2.37. The van der Waals surface area contributed by atoms with Crippen LogP contribution in [0.2, 0.25) is 5.02 Å². The van der Waals surface area contributed by atoms with Gasteiger partial charge in [-0.05, 0) is 12.8 Å². The monoisotopic (exact) mass is 275 g/mol. The van der Waals surface area contributed by atoms with E-state index in [0.717, 1.165) is 25.7 Å². The summed E-state index contributed by atoms with van der Waals surface area (Å²) in [4.78, 5) is 17.9. The molecule has 1 aliphatic rings. The van der Waals surface area contributed by atoms with Crippen molar-refractivity contribution in [1.82, 2.24) is 9.97 Å². The first-order valence-corrected chi connectivity index (χ1v) is 6.65. The van der Waals surface area contributed by atoms with E-state index in [-0.39, 0.29) is 16.1 Å². The average molecular weight is 276 g/mol. The summed E-state index contributed by atoms with van der Waals surface area (Å²) in [5, 5.41) is 3.36. The number of halogens is 2. The maximum absolute atomic E-state index is 11.4. The molecule has 4 nitrogen and oxygen atoms in total. The lowest BCUT2D eigenvalue weighted by molar-refractivity contribution is 0.352. The van der Waals surface area contributed by atoms with Crippen molar-refractivity contribution in [1.29, 1.82) is 0 Å². The van der Waals surface area contributed by atoms with Crippen molar-refractivity contribution < 1.29 is 0 Å². The van der Waals surface area contributed by atoms with Gasteiger partial charge in [0.05, 0.1) is 11.9 Å². The molecule has 0 bridgehead atoms. The van der Waals surface area contributed by atoms with Gasteiger partial charge >= 0.3 is 0 Å². The van der Waals surface area contributed by atoms with Crippen LogP contribution in [0.3, 0.4) is 0 Å². The lowest BCUT2D eigenvalue weighted by atomic mass is 9.83. The van der Waals surface area contributed by atoms with Crippen LogP contribution >= 0.6 is 23.2 Å². The SMILES string of the molecule is O=c1[nH]cnc(NC2(CCl)CCCCC2)c1Cl. The molecule has 1 fully saturated rings. The number of alkyl halides is 1. The van der Waals surface area contributed by atoms with Crippen molar-refractivity contribution in [3.8, 4) is 0 Å². The van der Waals surface area contributed by atoms with E-state index in [1.165, 1.54) is 12.7 Å². The molecule has 0 saturated heterocycles. The molecule has 1 saturated carbocycles. The first-order chi connectivity index (χ1) is 8.17. The molecule has 0 aromatic carbocycles. The summed E-state index contributed by atoms with van der Waals surface area (Å²) in [5.41, 5.74) is -0.505. The molecule has 2 rings (SSSR count). The van der Waals surface area contributed by atoms with E-state index in [1.807, 2.05) is 0 Å². The lowest BCUT2D eigenvalue weighted by Crippen LogP contribution is -2.42. The number of aromatic amines is 1. The van der Waals surface area contributed by atoms with E-state index in [4.69, 9.17) is 23.2 Å². The topological polar surface area (TPSA) is 57.8 Å². The highest BCUT2D eigenvalue weighted by Crippen LogP contribution is 2.33. The molecular weight excluding hydrogens is 261 g/mol. The van der Waals surface area contributed by atoms with Crippen LogP contribution in [0, 0.1) is 0 Å². The van der Waals surface area contributed by atoms with Crippen LogP contribution < -0.4 is 10.9 Å². The molecule has 1 aliphatic carbocycles. The largest absolute Gasteiger partial charge is 0.362 e. The van der Waals surface area contributed by atoms with Crippen LogP contribution in [0.1, 0.15) is 32.1 Å². The molecule has 0 atom stereocenters. The number of hydrogen-bond donors (Lipinski definition) is 2. The molecule has 1 aromatic heterocycles. The fourth-order valence-electron chi connectivity index (χ4n) is 2.24. The second-order valence-corrected chi connectivity index (χ2v) is 5.14. The standard InChI is InChI=1S/C11H15Cl2N3O/c12-6-11(4-2-1-3-5-11)16-9-8(13)10(17)15-7-14-9/h7H,1-6H2,(H2,14,15,16,17). The minimum atomic E-state index is -0.329. The van der Waals surface area contributed by atoms with E-state index in [2.05, 4.69) is 15.3 Å². The summed E-state index contributed by atoms with van der Waals surface area (Å²) < 4.78 is 0. The number of rotatable bonds is 3. The molecule has 0 radical (unpaired) electrons. The highest BCUT2D eigenvalue weighted by molar-refractivity contribution is 6.32. The van der Waals surface area contributed by atoms with Gasteiger partial charge in [0.15, 0.2) is 5.82 Å². The Hall–Kier alpha value is -0.740. The molecule has 94 valence electrons. The Morgan fingerprint density at radius 2 is 2.12 bits per heavy atom. The molecule has 0 aliphatic heterocycles. The molecule has 6 heteroatoms. The van der Waals surface area contributed by atoms with E-state index in [1.54, 1.807) is 0 Å². The Morgan fingerprint density at radius 1 is 1.41 bits per heavy atom. The van der Waals surface area contributed by atoms with Gasteiger partial charge in [0.2, 0.25) is 0 Å². The molecule has 17 heavy (non-hydrogen) atoms. The third-order valence-corrected chi connectivity index (χ3v) is 4.11. The third kappa shape index (κ3) is 2.75. The molecule has 0 amide bonds. The van der Waals surface area contributed by atoms with Crippen LogP contribution in [-0.4, -0.2) is 21.4 Å². The number of nitrogens with one attached hydrogen (secondary N) is 2. The first-order valence-electron chi connectivity index (χ1n) is 5.74. The summed E-state index contributed by atoms with van der Waals surface area (Å²) in [6.07, 6.45) is 6.84. The zero-order valence-electron chi connectivity index (χ0n) is 9.43. The fourth-order valence-corrected chi connectivity index (χ4v) is 2.73. The van der Waals surface area contributed by atoms with Gasteiger partial charge in [0, 0.05) is 5.88 Å². The Kier molecular flexibility index (Phi) is 3.94. The summed E-state index contributed by atoms with van der Waals surface area (Å²) in [6.45, 7) is 0. The van der Waals surface area contributed by atoms with Crippen molar-refractivity contribution in [3.63, 3.8) is 0 Å². The second-order valence-electron chi connectivity index (χ2n) is 4.49. The number of aromatic nitrogens is 2. The molecule has 2 N–H and O–H groups in total. The fraction of sp³-hybridized carbons (Fsp3) is 0.636. The normalized spacial score (nSPS) is 18.9. The Balaban J connectivity index is 2.23. The van der Waals surface area contributed by atoms with Gasteiger partial charge in [-0.3, -0.25) is 4.79 Å². The first kappa shape index (κ1) is 12.7. The zero-order chi connectivity index (χ0) is 12.3. The van der Waals surface area contributed by atoms with Gasteiger partial charge in [-0.2, -0.15) is 0 Å². The summed E-state index contributed by atoms with van der Waals surface area (Å²) >= 11 is 12.0. The van der Waals surface area contributed by atoms with Crippen molar-refractivity contribution in [2.24, 2.45) is 0 Å². The van der Waals surface area contributed by atoms with Crippen LogP contribution in [0.5, 0.6) is 0 Å². The van der Waals surface area contributed by atoms with Crippen LogP contribution in [0.15, 0.2) is 11.1 Å². The molecule has 1 aromatic rings. The van der Waals surface area contributed by atoms with E-state index in [0.29, 0.717) is 11.7 Å². The quantitative estimate of drug-likeness (QED) is 0.834. The van der Waals surface area contributed by atoms with Crippen LogP contribution in [-0.2, 0) is 0 Å². The van der Waals surface area contributed by atoms with Gasteiger partial charge in [-0.1, -0.05) is 30.9 Å². The predicted molar refractivity (Wildman–Crippen MR) is 70.0 cm³/mol. The number of H-pyrrole nitrogens is 1. The predicted octanol–water partition coefficient (Wildman–Crippen LogP) is 2.78. The van der Waals surface area contributed by atoms with Gasteiger partial charge in [-0.25, -0.2) is 4.98 Å². The van der Waals surface area contributed by atoms with Crippen molar-refractivity contribution in [2.45, 2.75) is 37.6 Å². The minimum absolute atomic E-state index is 0.0996. The Labute approximate surface area is 110 Å². The summed E-state index contributed by atoms with van der Waals surface area (Å²) in [6, 6.07) is 0. The highest BCUT2D eigenvalue weighted by atomic mass is 35.5. The second kappa shape index (κ2) is 5.27. The van der Waals surface area contributed by atoms with E-state index in [9.17, 15) is 4.79 Å². The van der Waals surface area contributed by atoms with Crippen molar-refractivity contribution >= 4 is 29.0 Å². The molecule has 1 heterocycles. The Morgan fingerprint density at radius 3 is 2.76 bits per heavy atom. The van der Waals surface area contributed by atoms with E-state index < -0.39 is 0 Å². The van der Waals surface area contributed by atoms with Crippen molar-refractivity contribution in [2.75, 3.05) is 11.2 Å².